The first kappa shape index (κ1) is 24.2. The van der Waals surface area contributed by atoms with Gasteiger partial charge in [0.05, 0.1) is 13.2 Å². The van der Waals surface area contributed by atoms with Gasteiger partial charge in [0.2, 0.25) is 11.6 Å². The summed E-state index contributed by atoms with van der Waals surface area (Å²) in [5.74, 6) is 3.83. The molecule has 4 heteroatoms. The van der Waals surface area contributed by atoms with Crippen molar-refractivity contribution in [2.75, 3.05) is 13.2 Å². The number of ether oxygens (including phenoxy) is 2. The van der Waals surface area contributed by atoms with Gasteiger partial charge in [-0.25, -0.2) is 0 Å². The summed E-state index contributed by atoms with van der Waals surface area (Å²) in [5.41, 5.74) is 0.565. The van der Waals surface area contributed by atoms with Crippen LogP contribution in [0.1, 0.15) is 106 Å². The smallest absolute Gasteiger partial charge is 0.205 e. The van der Waals surface area contributed by atoms with Gasteiger partial charge in [0.1, 0.15) is 0 Å². The Labute approximate surface area is 208 Å². The monoisotopic (exact) mass is 474 g/mol. The summed E-state index contributed by atoms with van der Waals surface area (Å²) in [6.07, 6.45) is 12.4. The van der Waals surface area contributed by atoms with Crippen LogP contribution in [0.4, 0.5) is 0 Å². The Morgan fingerprint density at radius 1 is 0.588 bits per heavy atom. The summed E-state index contributed by atoms with van der Waals surface area (Å²) in [4.78, 5) is 13.4. The highest BCUT2D eigenvalue weighted by atomic mass is 17.3. The standard InChI is InChI=1S/C30H50O4/c1-19-9-7-11-27(5)17-29(25(13-23(19)27)21(3)15-31-29)33-34-30-18-28(6)12-8-10-20(2)24(28)14-26(30)22(4)16-32-30/h19-26H,7-18H2,1-6H3. The van der Waals surface area contributed by atoms with Gasteiger partial charge in [0.15, 0.2) is 0 Å². The van der Waals surface area contributed by atoms with E-state index in [1.54, 1.807) is 0 Å². The molecule has 194 valence electrons. The molecule has 0 bridgehead atoms. The molecule has 2 saturated heterocycles. The molecule has 2 heterocycles. The summed E-state index contributed by atoms with van der Waals surface area (Å²) in [5, 5.41) is 0. The zero-order valence-corrected chi connectivity index (χ0v) is 22.7. The Balaban J connectivity index is 1.27. The van der Waals surface area contributed by atoms with Gasteiger partial charge in [-0.15, -0.1) is 0 Å². The van der Waals surface area contributed by atoms with E-state index in [-0.39, 0.29) is 10.8 Å². The summed E-state index contributed by atoms with van der Waals surface area (Å²) >= 11 is 0. The van der Waals surface area contributed by atoms with Crippen molar-refractivity contribution in [3.63, 3.8) is 0 Å². The van der Waals surface area contributed by atoms with E-state index >= 15 is 0 Å². The molecule has 4 saturated carbocycles. The van der Waals surface area contributed by atoms with E-state index in [4.69, 9.17) is 19.2 Å². The second-order valence-electron chi connectivity index (χ2n) is 14.7. The lowest BCUT2D eigenvalue weighted by molar-refractivity contribution is -0.522. The Morgan fingerprint density at radius 3 is 1.41 bits per heavy atom. The van der Waals surface area contributed by atoms with Crippen LogP contribution in [-0.2, 0) is 19.2 Å². The van der Waals surface area contributed by atoms with Crippen LogP contribution in [0.2, 0.25) is 0 Å². The zero-order valence-electron chi connectivity index (χ0n) is 22.7. The molecule has 6 fully saturated rings. The normalized spacial score (nSPS) is 59.1. The van der Waals surface area contributed by atoms with E-state index in [9.17, 15) is 0 Å². The first-order valence-electron chi connectivity index (χ1n) is 14.7. The van der Waals surface area contributed by atoms with Gasteiger partial charge in [0, 0.05) is 24.7 Å². The lowest BCUT2D eigenvalue weighted by atomic mass is 9.52. The Bertz CT molecular complexity index is 722. The molecule has 0 spiro atoms. The SMILES string of the molecule is CC1CCCC2(C)CC3(OOC45CC6(C)CCCC(C)C6CC4C(C)CO5)OCC(C)C3CC12. The van der Waals surface area contributed by atoms with Crippen LogP contribution in [-0.4, -0.2) is 24.8 Å². The van der Waals surface area contributed by atoms with Crippen LogP contribution in [0.5, 0.6) is 0 Å². The van der Waals surface area contributed by atoms with Crippen LogP contribution < -0.4 is 0 Å². The van der Waals surface area contributed by atoms with Gasteiger partial charge in [-0.1, -0.05) is 67.2 Å². The molecule has 0 radical (unpaired) electrons. The maximum atomic E-state index is 6.71. The molecule has 34 heavy (non-hydrogen) atoms. The fourth-order valence-electron chi connectivity index (χ4n) is 10.4. The number of hydrogen-bond donors (Lipinski definition) is 0. The molecule has 0 aromatic rings. The average molecular weight is 475 g/mol. The molecular weight excluding hydrogens is 424 g/mol. The molecule has 12 unspecified atom stereocenters. The van der Waals surface area contributed by atoms with E-state index < -0.39 is 11.6 Å². The largest absolute Gasteiger partial charge is 0.347 e. The quantitative estimate of drug-likeness (QED) is 0.316. The van der Waals surface area contributed by atoms with Crippen LogP contribution in [0.3, 0.4) is 0 Å². The molecule has 0 aromatic carbocycles. The maximum absolute atomic E-state index is 6.71. The lowest BCUT2D eigenvalue weighted by Gasteiger charge is -2.57. The Hall–Kier alpha value is -0.160. The topological polar surface area (TPSA) is 36.9 Å². The summed E-state index contributed by atoms with van der Waals surface area (Å²) in [6.45, 7) is 16.3. The van der Waals surface area contributed by atoms with E-state index in [2.05, 4.69) is 41.5 Å². The third-order valence-electron chi connectivity index (χ3n) is 12.3. The van der Waals surface area contributed by atoms with Crippen molar-refractivity contribution in [3.05, 3.63) is 0 Å². The molecular formula is C30H50O4. The van der Waals surface area contributed by atoms with Crippen LogP contribution >= 0.6 is 0 Å². The molecule has 12 atom stereocenters. The molecule has 4 aliphatic carbocycles. The van der Waals surface area contributed by atoms with E-state index in [0.717, 1.165) is 49.7 Å². The summed E-state index contributed by atoms with van der Waals surface area (Å²) in [6, 6.07) is 0. The minimum atomic E-state index is -0.603. The molecule has 6 rings (SSSR count). The van der Waals surface area contributed by atoms with Crippen LogP contribution in [0, 0.1) is 58.2 Å². The average Bonchev–Trinajstić information content (AvgIpc) is 3.26. The number of fused-ring (bicyclic) bond motifs is 4. The fraction of sp³-hybridized carbons (Fsp3) is 1.00. The van der Waals surface area contributed by atoms with Crippen molar-refractivity contribution in [2.24, 2.45) is 58.2 Å². The van der Waals surface area contributed by atoms with Crippen molar-refractivity contribution in [2.45, 2.75) is 117 Å². The minimum Gasteiger partial charge on any atom is -0.347 e. The minimum absolute atomic E-state index is 0.283. The van der Waals surface area contributed by atoms with Crippen molar-refractivity contribution in [3.8, 4) is 0 Å². The van der Waals surface area contributed by atoms with E-state index in [1.807, 2.05) is 0 Å². The first-order chi connectivity index (χ1) is 16.1. The van der Waals surface area contributed by atoms with Gasteiger partial charge in [-0.05, 0) is 72.0 Å². The van der Waals surface area contributed by atoms with E-state index in [1.165, 1.54) is 51.4 Å². The van der Waals surface area contributed by atoms with Crippen molar-refractivity contribution >= 4 is 0 Å². The van der Waals surface area contributed by atoms with Crippen LogP contribution in [0.25, 0.3) is 0 Å². The summed E-state index contributed by atoms with van der Waals surface area (Å²) in [7, 11) is 0. The second-order valence-corrected chi connectivity index (χ2v) is 14.7. The highest BCUT2D eigenvalue weighted by Crippen LogP contribution is 2.64. The molecule has 0 aromatic heterocycles. The lowest BCUT2D eigenvalue weighted by Crippen LogP contribution is -2.58. The molecule has 4 nitrogen and oxygen atoms in total. The second kappa shape index (κ2) is 8.17. The third-order valence-corrected chi connectivity index (χ3v) is 12.3. The van der Waals surface area contributed by atoms with Gasteiger partial charge >= 0.3 is 0 Å². The predicted octanol–water partition coefficient (Wildman–Crippen LogP) is 7.36. The first-order valence-corrected chi connectivity index (χ1v) is 14.7. The Morgan fingerprint density at radius 2 is 1.00 bits per heavy atom. The molecule has 0 N–H and O–H groups in total. The highest BCUT2D eigenvalue weighted by molar-refractivity contribution is 5.06. The molecule has 2 aliphatic heterocycles. The van der Waals surface area contributed by atoms with Crippen LogP contribution in [0.15, 0.2) is 0 Å². The van der Waals surface area contributed by atoms with Gasteiger partial charge < -0.3 is 9.47 Å². The van der Waals surface area contributed by atoms with Crippen molar-refractivity contribution < 1.29 is 19.2 Å². The molecule has 6 aliphatic rings. The van der Waals surface area contributed by atoms with Gasteiger partial charge in [0.25, 0.3) is 0 Å². The highest BCUT2D eigenvalue weighted by Gasteiger charge is 2.65. The zero-order chi connectivity index (χ0) is 23.9. The van der Waals surface area contributed by atoms with Gasteiger partial charge in [-0.3, -0.25) is 0 Å². The van der Waals surface area contributed by atoms with Gasteiger partial charge in [-0.2, -0.15) is 9.78 Å². The molecule has 0 amide bonds. The predicted molar refractivity (Wildman–Crippen MR) is 133 cm³/mol. The fourth-order valence-corrected chi connectivity index (χ4v) is 10.4. The maximum Gasteiger partial charge on any atom is 0.205 e. The number of hydrogen-bond acceptors (Lipinski definition) is 4. The Kier molecular flexibility index (Phi) is 5.81. The summed E-state index contributed by atoms with van der Waals surface area (Å²) < 4.78 is 13.2. The third kappa shape index (κ3) is 3.51. The number of rotatable bonds is 3. The van der Waals surface area contributed by atoms with Crippen molar-refractivity contribution in [1.82, 2.24) is 0 Å². The van der Waals surface area contributed by atoms with Crippen molar-refractivity contribution in [1.29, 1.82) is 0 Å². The van der Waals surface area contributed by atoms with E-state index in [0.29, 0.717) is 23.7 Å².